The monoisotopic (exact) mass is 272 g/mol. The molecule has 2 aromatic rings. The average Bonchev–Trinajstić information content (AvgIpc) is 2.72. The second-order valence-corrected chi connectivity index (χ2v) is 4.87. The lowest BCUT2D eigenvalue weighted by Crippen LogP contribution is -2.08. The van der Waals surface area contributed by atoms with E-state index in [-0.39, 0.29) is 18.4 Å². The van der Waals surface area contributed by atoms with Crippen molar-refractivity contribution in [1.29, 1.82) is 0 Å². The van der Waals surface area contributed by atoms with Gasteiger partial charge in [-0.3, -0.25) is 9.78 Å². The van der Waals surface area contributed by atoms with Crippen LogP contribution in [-0.4, -0.2) is 16.0 Å². The van der Waals surface area contributed by atoms with Gasteiger partial charge in [0.05, 0.1) is 12.5 Å². The van der Waals surface area contributed by atoms with E-state index in [1.54, 1.807) is 25.3 Å². The Labute approximate surface area is 115 Å². The molecule has 1 aliphatic rings. The van der Waals surface area contributed by atoms with Crippen LogP contribution in [0.4, 0.5) is 10.1 Å². The van der Waals surface area contributed by atoms with Crippen LogP contribution in [0.2, 0.25) is 0 Å². The summed E-state index contributed by atoms with van der Waals surface area (Å²) < 4.78 is 14.2. The van der Waals surface area contributed by atoms with Crippen LogP contribution < -0.4 is 5.32 Å². The number of hydrogen-bond acceptors (Lipinski definition) is 3. The normalized spacial score (nSPS) is 16.9. The molecule has 1 aromatic carbocycles. The van der Waals surface area contributed by atoms with E-state index in [2.05, 4.69) is 10.3 Å². The molecule has 0 spiro atoms. The van der Waals surface area contributed by atoms with Crippen molar-refractivity contribution in [2.75, 3.05) is 5.32 Å². The maximum atomic E-state index is 14.2. The minimum absolute atomic E-state index is 0.126. The highest BCUT2D eigenvalue weighted by atomic mass is 19.1. The van der Waals surface area contributed by atoms with Crippen molar-refractivity contribution in [1.82, 2.24) is 4.98 Å². The van der Waals surface area contributed by atoms with Gasteiger partial charge < -0.3 is 10.4 Å². The average molecular weight is 272 g/mol. The first-order chi connectivity index (χ1) is 9.60. The lowest BCUT2D eigenvalue weighted by atomic mass is 9.97. The Morgan fingerprint density at radius 1 is 1.35 bits per heavy atom. The van der Waals surface area contributed by atoms with Gasteiger partial charge >= 0.3 is 0 Å². The topological polar surface area (TPSA) is 62.2 Å². The maximum Gasteiger partial charge on any atom is 0.231 e. The highest BCUT2D eigenvalue weighted by molar-refractivity contribution is 6.03. The molecule has 20 heavy (non-hydrogen) atoms. The smallest absolute Gasteiger partial charge is 0.231 e. The maximum absolute atomic E-state index is 14.2. The summed E-state index contributed by atoms with van der Waals surface area (Å²) in [5.74, 6) is -0.841. The number of carbonyl (C=O) groups is 1. The predicted octanol–water partition coefficient (Wildman–Crippen LogP) is 2.44. The predicted molar refractivity (Wildman–Crippen MR) is 72.6 cm³/mol. The lowest BCUT2D eigenvalue weighted by molar-refractivity contribution is -0.116. The number of carbonyl (C=O) groups excluding carboxylic acids is 1. The van der Waals surface area contributed by atoms with E-state index in [1.807, 2.05) is 0 Å². The fraction of sp³-hybridized carbons (Fsp3) is 0.200. The molecule has 0 fully saturated rings. The van der Waals surface area contributed by atoms with Crippen LogP contribution >= 0.6 is 0 Å². The molecule has 2 N–H and O–H groups in total. The van der Waals surface area contributed by atoms with Crippen LogP contribution in [0.1, 0.15) is 24.0 Å². The number of anilines is 1. The van der Waals surface area contributed by atoms with E-state index in [0.29, 0.717) is 22.4 Å². The number of amides is 1. The zero-order valence-corrected chi connectivity index (χ0v) is 10.9. The van der Waals surface area contributed by atoms with E-state index in [1.165, 1.54) is 12.3 Å². The number of benzene rings is 1. The molecule has 0 aliphatic carbocycles. The summed E-state index contributed by atoms with van der Waals surface area (Å²) in [5.41, 5.74) is 2.89. The van der Waals surface area contributed by atoms with Gasteiger partial charge in [0, 0.05) is 29.2 Å². The van der Waals surface area contributed by atoms with E-state index in [9.17, 15) is 9.18 Å². The number of hydrogen-bond donors (Lipinski definition) is 2. The van der Waals surface area contributed by atoms with Gasteiger partial charge in [-0.05, 0) is 36.2 Å². The van der Waals surface area contributed by atoms with Gasteiger partial charge in [0.25, 0.3) is 0 Å². The molecule has 0 radical (unpaired) electrons. The Kier molecular flexibility index (Phi) is 2.99. The third kappa shape index (κ3) is 1.96. The van der Waals surface area contributed by atoms with Crippen molar-refractivity contribution in [3.8, 4) is 11.1 Å². The highest BCUT2D eigenvalue weighted by Gasteiger charge is 2.28. The molecule has 1 unspecified atom stereocenters. The largest absolute Gasteiger partial charge is 0.392 e. The Bertz CT molecular complexity index is 700. The number of nitrogens with one attached hydrogen (secondary N) is 1. The molecule has 0 bridgehead atoms. The summed E-state index contributed by atoms with van der Waals surface area (Å²) in [6.07, 6.45) is 3.07. The summed E-state index contributed by atoms with van der Waals surface area (Å²) in [5, 5.41) is 11.8. The van der Waals surface area contributed by atoms with Gasteiger partial charge in [-0.15, -0.1) is 0 Å². The summed E-state index contributed by atoms with van der Waals surface area (Å²) in [4.78, 5) is 15.6. The van der Waals surface area contributed by atoms with Gasteiger partial charge in [0.1, 0.15) is 5.82 Å². The Morgan fingerprint density at radius 3 is 2.90 bits per heavy atom. The quantitative estimate of drug-likeness (QED) is 0.882. The Balaban J connectivity index is 2.13. The van der Waals surface area contributed by atoms with Crippen LogP contribution in [0.3, 0.4) is 0 Å². The van der Waals surface area contributed by atoms with E-state index < -0.39 is 5.82 Å². The van der Waals surface area contributed by atoms with Crippen molar-refractivity contribution in [3.63, 3.8) is 0 Å². The zero-order chi connectivity index (χ0) is 14.3. The van der Waals surface area contributed by atoms with Gasteiger partial charge in [0.2, 0.25) is 5.91 Å². The van der Waals surface area contributed by atoms with Crippen LogP contribution in [0.25, 0.3) is 11.1 Å². The van der Waals surface area contributed by atoms with Crippen molar-refractivity contribution in [2.45, 2.75) is 19.4 Å². The van der Waals surface area contributed by atoms with Crippen molar-refractivity contribution >= 4 is 11.6 Å². The van der Waals surface area contributed by atoms with Crippen LogP contribution in [0.5, 0.6) is 0 Å². The van der Waals surface area contributed by atoms with Crippen molar-refractivity contribution < 1.29 is 14.3 Å². The summed E-state index contributed by atoms with van der Waals surface area (Å²) in [6.45, 7) is 1.63. The van der Waals surface area contributed by atoms with Gasteiger partial charge in [0.15, 0.2) is 0 Å². The number of rotatable bonds is 2. The standard InChI is InChI=1S/C15H13FN2O2/c1-8-11-3-12(10-2-9(7-19)5-17-6-10)13(16)4-14(11)18-15(8)20/h2-6,8,19H,7H2,1H3,(H,18,20). The number of pyridine rings is 1. The van der Waals surface area contributed by atoms with Gasteiger partial charge in [-0.2, -0.15) is 0 Å². The van der Waals surface area contributed by atoms with E-state index in [4.69, 9.17) is 5.11 Å². The number of halogens is 1. The van der Waals surface area contributed by atoms with Crippen LogP contribution in [0, 0.1) is 5.82 Å². The molecule has 2 heterocycles. The SMILES string of the molecule is CC1C(=O)Nc2cc(F)c(-c3cncc(CO)c3)cc21. The number of aromatic nitrogens is 1. The van der Waals surface area contributed by atoms with Crippen LogP contribution in [-0.2, 0) is 11.4 Å². The first-order valence-electron chi connectivity index (χ1n) is 6.29. The molecule has 4 nitrogen and oxygen atoms in total. The molecule has 5 heteroatoms. The number of fused-ring (bicyclic) bond motifs is 1. The van der Waals surface area contributed by atoms with E-state index >= 15 is 0 Å². The number of nitrogens with zero attached hydrogens (tertiary/aromatic N) is 1. The van der Waals surface area contributed by atoms with Crippen LogP contribution in [0.15, 0.2) is 30.6 Å². The fourth-order valence-corrected chi connectivity index (χ4v) is 2.38. The molecule has 1 atom stereocenters. The molecule has 0 saturated carbocycles. The molecular weight excluding hydrogens is 259 g/mol. The fourth-order valence-electron chi connectivity index (χ4n) is 2.38. The molecule has 1 aromatic heterocycles. The second-order valence-electron chi connectivity index (χ2n) is 4.87. The molecule has 1 amide bonds. The lowest BCUT2D eigenvalue weighted by Gasteiger charge is -2.08. The molecule has 0 saturated heterocycles. The minimum atomic E-state index is -0.421. The number of aliphatic hydroxyl groups is 1. The number of aliphatic hydroxyl groups excluding tert-OH is 1. The van der Waals surface area contributed by atoms with Gasteiger partial charge in [-0.25, -0.2) is 4.39 Å². The first-order valence-corrected chi connectivity index (χ1v) is 6.29. The minimum Gasteiger partial charge on any atom is -0.392 e. The van der Waals surface area contributed by atoms with Gasteiger partial charge in [-0.1, -0.05) is 0 Å². The summed E-state index contributed by atoms with van der Waals surface area (Å²) in [6, 6.07) is 4.69. The summed E-state index contributed by atoms with van der Waals surface area (Å²) in [7, 11) is 0. The van der Waals surface area contributed by atoms with Crippen molar-refractivity contribution in [3.05, 3.63) is 47.5 Å². The molecule has 3 rings (SSSR count). The molecular formula is C15H13FN2O2. The third-order valence-corrected chi connectivity index (χ3v) is 3.55. The first kappa shape index (κ1) is 12.7. The second kappa shape index (κ2) is 4.68. The Hall–Kier alpha value is -2.27. The third-order valence-electron chi connectivity index (χ3n) is 3.55. The zero-order valence-electron chi connectivity index (χ0n) is 10.9. The van der Waals surface area contributed by atoms with Crippen molar-refractivity contribution in [2.24, 2.45) is 0 Å². The van der Waals surface area contributed by atoms with E-state index in [0.717, 1.165) is 5.56 Å². The molecule has 102 valence electrons. The molecule has 1 aliphatic heterocycles. The Morgan fingerprint density at radius 2 is 2.15 bits per heavy atom. The highest BCUT2D eigenvalue weighted by Crippen LogP contribution is 2.37. The summed E-state index contributed by atoms with van der Waals surface area (Å²) >= 11 is 0.